The van der Waals surface area contributed by atoms with Gasteiger partial charge < -0.3 is 14.0 Å². The van der Waals surface area contributed by atoms with Crippen molar-refractivity contribution in [3.63, 3.8) is 0 Å². The van der Waals surface area contributed by atoms with E-state index in [1.165, 1.54) is 31.8 Å². The van der Waals surface area contributed by atoms with Crippen molar-refractivity contribution in [1.82, 2.24) is 4.57 Å². The molecule has 0 aliphatic carbocycles. The predicted molar refractivity (Wildman–Crippen MR) is 113 cm³/mol. The number of carbonyl (C=O) groups is 1. The molecule has 3 rings (SSSR count). The first-order valence-corrected chi connectivity index (χ1v) is 11.6. The van der Waals surface area contributed by atoms with Gasteiger partial charge in [0, 0.05) is 24.4 Å². The lowest BCUT2D eigenvalue weighted by Crippen LogP contribution is -2.17. The van der Waals surface area contributed by atoms with Gasteiger partial charge in [-0.1, -0.05) is 18.3 Å². The monoisotopic (exact) mass is 434 g/mol. The van der Waals surface area contributed by atoms with E-state index in [2.05, 4.69) is 4.99 Å². The minimum atomic E-state index is -3.32. The van der Waals surface area contributed by atoms with Gasteiger partial charge in [-0.05, 0) is 36.8 Å². The Balaban J connectivity index is 2.16. The van der Waals surface area contributed by atoms with Crippen LogP contribution in [0.5, 0.6) is 11.5 Å². The highest BCUT2D eigenvalue weighted by Crippen LogP contribution is 2.24. The van der Waals surface area contributed by atoms with Crippen LogP contribution in [0.4, 0.5) is 0 Å². The third-order valence-corrected chi connectivity index (χ3v) is 6.48. The summed E-state index contributed by atoms with van der Waals surface area (Å²) < 4.78 is 36.9. The summed E-state index contributed by atoms with van der Waals surface area (Å²) in [5.41, 5.74) is 1.19. The van der Waals surface area contributed by atoms with Crippen LogP contribution in [0, 0.1) is 0 Å². The minimum Gasteiger partial charge on any atom is -0.497 e. The van der Waals surface area contributed by atoms with E-state index in [9.17, 15) is 13.2 Å². The lowest BCUT2D eigenvalue weighted by molar-refractivity contribution is 0.0997. The SMILES string of the molecule is CCCn1c(=NC(=O)c2cc(OC)cc(OC)c2)sc2cc(S(C)(=O)=O)ccc21. The van der Waals surface area contributed by atoms with E-state index in [1.54, 1.807) is 36.4 Å². The number of sulfone groups is 1. The van der Waals surface area contributed by atoms with Crippen LogP contribution in [-0.4, -0.2) is 39.4 Å². The molecule has 2 aromatic carbocycles. The fourth-order valence-corrected chi connectivity index (χ4v) is 4.71. The van der Waals surface area contributed by atoms with Gasteiger partial charge in [0.25, 0.3) is 5.91 Å². The molecular formula is C20H22N2O5S2. The number of aromatic nitrogens is 1. The molecule has 0 N–H and O–H groups in total. The number of aryl methyl sites for hydroxylation is 1. The molecule has 3 aromatic rings. The summed E-state index contributed by atoms with van der Waals surface area (Å²) >= 11 is 1.29. The summed E-state index contributed by atoms with van der Waals surface area (Å²) in [4.78, 5) is 17.9. The Morgan fingerprint density at radius 2 is 1.76 bits per heavy atom. The largest absolute Gasteiger partial charge is 0.497 e. The molecule has 0 aliphatic rings. The number of rotatable bonds is 6. The van der Waals surface area contributed by atoms with E-state index in [0.717, 1.165) is 16.6 Å². The van der Waals surface area contributed by atoms with E-state index in [1.807, 2.05) is 11.5 Å². The standard InChI is InChI=1S/C20H22N2O5S2/c1-5-8-22-17-7-6-16(29(4,24)25)12-18(17)28-20(22)21-19(23)13-9-14(26-2)11-15(10-13)27-3/h6-7,9-12H,5,8H2,1-4H3. The molecule has 0 radical (unpaired) electrons. The third kappa shape index (κ3) is 4.51. The van der Waals surface area contributed by atoms with Crippen molar-refractivity contribution >= 4 is 37.3 Å². The maximum absolute atomic E-state index is 12.8. The highest BCUT2D eigenvalue weighted by atomic mass is 32.2. The van der Waals surface area contributed by atoms with E-state index < -0.39 is 15.7 Å². The van der Waals surface area contributed by atoms with Gasteiger partial charge in [-0.25, -0.2) is 8.42 Å². The normalized spacial score (nSPS) is 12.3. The van der Waals surface area contributed by atoms with Crippen molar-refractivity contribution in [2.24, 2.45) is 4.99 Å². The highest BCUT2D eigenvalue weighted by Gasteiger charge is 2.14. The van der Waals surface area contributed by atoms with Crippen molar-refractivity contribution in [2.75, 3.05) is 20.5 Å². The average molecular weight is 435 g/mol. The van der Waals surface area contributed by atoms with Crippen LogP contribution in [0.1, 0.15) is 23.7 Å². The molecule has 1 aromatic heterocycles. The second kappa shape index (κ2) is 8.38. The number of methoxy groups -OCH3 is 2. The second-order valence-corrected chi connectivity index (χ2v) is 9.48. The van der Waals surface area contributed by atoms with Gasteiger partial charge in [0.15, 0.2) is 14.6 Å². The topological polar surface area (TPSA) is 87.0 Å². The first-order chi connectivity index (χ1) is 13.8. The van der Waals surface area contributed by atoms with Crippen LogP contribution in [-0.2, 0) is 16.4 Å². The summed E-state index contributed by atoms with van der Waals surface area (Å²) in [6.45, 7) is 2.69. The molecule has 0 unspecified atom stereocenters. The van der Waals surface area contributed by atoms with Crippen molar-refractivity contribution in [3.8, 4) is 11.5 Å². The van der Waals surface area contributed by atoms with Crippen LogP contribution in [0.2, 0.25) is 0 Å². The van der Waals surface area contributed by atoms with Gasteiger partial charge in [-0.2, -0.15) is 4.99 Å². The lowest BCUT2D eigenvalue weighted by atomic mass is 10.2. The zero-order chi connectivity index (χ0) is 21.2. The lowest BCUT2D eigenvalue weighted by Gasteiger charge is -2.06. The molecule has 154 valence electrons. The minimum absolute atomic E-state index is 0.241. The number of thiazole rings is 1. The number of benzene rings is 2. The van der Waals surface area contributed by atoms with Crippen LogP contribution in [0.15, 0.2) is 46.3 Å². The fourth-order valence-electron chi connectivity index (χ4n) is 2.89. The van der Waals surface area contributed by atoms with Crippen molar-refractivity contribution < 1.29 is 22.7 Å². The number of amides is 1. The number of hydrogen-bond donors (Lipinski definition) is 0. The van der Waals surface area contributed by atoms with Gasteiger partial charge >= 0.3 is 0 Å². The van der Waals surface area contributed by atoms with E-state index in [0.29, 0.717) is 28.4 Å². The number of nitrogens with zero attached hydrogens (tertiary/aromatic N) is 2. The Labute approximate surface area is 173 Å². The molecule has 0 aliphatic heterocycles. The third-order valence-electron chi connectivity index (χ3n) is 4.33. The van der Waals surface area contributed by atoms with Crippen LogP contribution >= 0.6 is 11.3 Å². The number of carbonyl (C=O) groups excluding carboxylic acids is 1. The summed E-state index contributed by atoms with van der Waals surface area (Å²) in [7, 11) is -0.290. The van der Waals surface area contributed by atoms with E-state index in [-0.39, 0.29) is 4.90 Å². The van der Waals surface area contributed by atoms with Gasteiger partial charge in [0.05, 0.1) is 29.3 Å². The molecule has 7 nitrogen and oxygen atoms in total. The second-order valence-electron chi connectivity index (χ2n) is 6.46. The molecule has 0 saturated heterocycles. The average Bonchev–Trinajstić information content (AvgIpc) is 3.03. The van der Waals surface area contributed by atoms with Crippen molar-refractivity contribution in [1.29, 1.82) is 0 Å². The molecule has 9 heteroatoms. The Bertz CT molecular complexity index is 1220. The van der Waals surface area contributed by atoms with Gasteiger partial charge in [-0.3, -0.25) is 4.79 Å². The highest BCUT2D eigenvalue weighted by molar-refractivity contribution is 7.90. The van der Waals surface area contributed by atoms with Crippen molar-refractivity contribution in [3.05, 3.63) is 46.8 Å². The summed E-state index contributed by atoms with van der Waals surface area (Å²) in [6, 6.07) is 9.85. The van der Waals surface area contributed by atoms with E-state index in [4.69, 9.17) is 9.47 Å². The summed E-state index contributed by atoms with van der Waals surface area (Å²) in [5.74, 6) is 0.568. The predicted octanol–water partition coefficient (Wildman–Crippen LogP) is 3.27. The molecular weight excluding hydrogens is 412 g/mol. The molecule has 0 spiro atoms. The molecule has 0 atom stereocenters. The molecule has 29 heavy (non-hydrogen) atoms. The molecule has 1 amide bonds. The van der Waals surface area contributed by atoms with Crippen LogP contribution in [0.25, 0.3) is 10.2 Å². The van der Waals surface area contributed by atoms with Gasteiger partial charge in [-0.15, -0.1) is 0 Å². The number of fused-ring (bicyclic) bond motifs is 1. The molecule has 0 fully saturated rings. The maximum atomic E-state index is 12.8. The Kier molecular flexibility index (Phi) is 6.09. The maximum Gasteiger partial charge on any atom is 0.279 e. The quantitative estimate of drug-likeness (QED) is 0.594. The van der Waals surface area contributed by atoms with Crippen LogP contribution in [0.3, 0.4) is 0 Å². The Morgan fingerprint density at radius 1 is 1.10 bits per heavy atom. The van der Waals surface area contributed by atoms with Crippen LogP contribution < -0.4 is 14.3 Å². The smallest absolute Gasteiger partial charge is 0.279 e. The molecule has 0 bridgehead atoms. The Hall–Kier alpha value is -2.65. The summed E-state index contributed by atoms with van der Waals surface area (Å²) in [6.07, 6.45) is 2.01. The molecule has 0 saturated carbocycles. The summed E-state index contributed by atoms with van der Waals surface area (Å²) in [5, 5.41) is 0. The zero-order valence-corrected chi connectivity index (χ0v) is 18.3. The van der Waals surface area contributed by atoms with E-state index >= 15 is 0 Å². The first kappa shape index (κ1) is 21.1. The van der Waals surface area contributed by atoms with Crippen molar-refractivity contribution in [2.45, 2.75) is 24.8 Å². The number of ether oxygens (including phenoxy) is 2. The zero-order valence-electron chi connectivity index (χ0n) is 16.6. The first-order valence-electron chi connectivity index (χ1n) is 8.92. The molecule has 1 heterocycles. The number of hydrogen-bond acceptors (Lipinski definition) is 6. The fraction of sp³-hybridized carbons (Fsp3) is 0.300. The van der Waals surface area contributed by atoms with Gasteiger partial charge in [0.1, 0.15) is 11.5 Å². The Morgan fingerprint density at radius 3 is 2.31 bits per heavy atom. The van der Waals surface area contributed by atoms with Gasteiger partial charge in [0.2, 0.25) is 0 Å².